The van der Waals surface area contributed by atoms with Gasteiger partial charge in [-0.25, -0.2) is 0 Å². The van der Waals surface area contributed by atoms with Gasteiger partial charge in [0.2, 0.25) is 0 Å². The Morgan fingerprint density at radius 3 is 2.53 bits per heavy atom. The van der Waals surface area contributed by atoms with Crippen LogP contribution in [0.4, 0.5) is 0 Å². The lowest BCUT2D eigenvalue weighted by molar-refractivity contribution is 0.225. The first-order valence-electron chi connectivity index (χ1n) is 5.63. The van der Waals surface area contributed by atoms with E-state index in [0.717, 1.165) is 22.3 Å². The van der Waals surface area contributed by atoms with Crippen molar-refractivity contribution >= 4 is 16.7 Å². The molecule has 0 saturated carbocycles. The van der Waals surface area contributed by atoms with Crippen LogP contribution in [0.2, 0.25) is 0 Å². The van der Waals surface area contributed by atoms with E-state index < -0.39 is 6.10 Å². The summed E-state index contributed by atoms with van der Waals surface area (Å²) >= 11 is 0. The number of nitrogens with zero attached hydrogens (tertiary/aromatic N) is 3. The molecule has 3 rings (SSSR count). The van der Waals surface area contributed by atoms with E-state index in [1.165, 1.54) is 4.80 Å². The van der Waals surface area contributed by atoms with E-state index >= 15 is 0 Å². The number of benzene rings is 1. The van der Waals surface area contributed by atoms with Crippen LogP contribution in [0.1, 0.15) is 13.3 Å². The number of aliphatic hydroxyl groups excluding tert-OH is 1. The molecule has 1 atom stereocenters. The number of fused-ring (bicyclic) bond motifs is 1. The maximum absolute atomic E-state index is 9.95. The molecule has 1 aliphatic carbocycles. The second-order valence-corrected chi connectivity index (χ2v) is 4.25. The second-order valence-electron chi connectivity index (χ2n) is 4.25. The summed E-state index contributed by atoms with van der Waals surface area (Å²) < 4.78 is 0. The highest BCUT2D eigenvalue weighted by atomic mass is 16.3. The molecule has 86 valence electrons. The third-order valence-corrected chi connectivity index (χ3v) is 2.90. The first-order chi connectivity index (χ1) is 8.24. The third-order valence-electron chi connectivity index (χ3n) is 2.90. The summed E-state index contributed by atoms with van der Waals surface area (Å²) in [5.74, 6) is 0. The van der Waals surface area contributed by atoms with Crippen LogP contribution in [-0.4, -0.2) is 26.2 Å². The molecule has 0 spiro atoms. The Hall–Kier alpha value is -1.94. The smallest absolute Gasteiger partial charge is 0.113 e. The van der Waals surface area contributed by atoms with Crippen molar-refractivity contribution in [2.75, 3.05) is 0 Å². The maximum atomic E-state index is 9.95. The molecule has 2 aromatic rings. The molecule has 0 fully saturated rings. The first-order valence-corrected chi connectivity index (χ1v) is 5.63. The summed E-state index contributed by atoms with van der Waals surface area (Å²) in [6.07, 6.45) is 4.03. The fourth-order valence-corrected chi connectivity index (χ4v) is 1.97. The molecule has 0 aliphatic heterocycles. The largest absolute Gasteiger partial charge is 0.386 e. The Morgan fingerprint density at radius 1 is 1.24 bits per heavy atom. The van der Waals surface area contributed by atoms with Crippen molar-refractivity contribution < 1.29 is 5.11 Å². The molecule has 1 aromatic heterocycles. The third kappa shape index (κ3) is 1.76. The van der Waals surface area contributed by atoms with Crippen molar-refractivity contribution in [2.24, 2.45) is 0 Å². The van der Waals surface area contributed by atoms with E-state index in [1.807, 2.05) is 43.3 Å². The second kappa shape index (κ2) is 3.82. The van der Waals surface area contributed by atoms with Crippen molar-refractivity contribution in [2.45, 2.75) is 19.4 Å². The van der Waals surface area contributed by atoms with Gasteiger partial charge in [-0.05, 0) is 31.6 Å². The molecular weight excluding hydrogens is 214 g/mol. The van der Waals surface area contributed by atoms with Crippen molar-refractivity contribution in [3.8, 4) is 0 Å². The van der Waals surface area contributed by atoms with Gasteiger partial charge in [0.1, 0.15) is 17.1 Å². The van der Waals surface area contributed by atoms with Gasteiger partial charge in [-0.15, -0.1) is 10.2 Å². The molecule has 0 saturated heterocycles. The number of aromatic nitrogens is 3. The highest BCUT2D eigenvalue weighted by Gasteiger charge is 2.17. The lowest BCUT2D eigenvalue weighted by Gasteiger charge is -2.16. The topological polar surface area (TPSA) is 50.9 Å². The van der Waals surface area contributed by atoms with Gasteiger partial charge in [-0.1, -0.05) is 23.8 Å². The average Bonchev–Trinajstić information content (AvgIpc) is 2.75. The minimum Gasteiger partial charge on any atom is -0.386 e. The molecular formula is C13H13N3O. The molecule has 1 aromatic carbocycles. The van der Waals surface area contributed by atoms with Crippen molar-refractivity contribution in [1.29, 1.82) is 0 Å². The lowest BCUT2D eigenvalue weighted by Crippen LogP contribution is -2.18. The zero-order valence-corrected chi connectivity index (χ0v) is 9.54. The number of allylic oxidation sites excluding steroid dienone is 2. The van der Waals surface area contributed by atoms with Gasteiger partial charge in [0.15, 0.2) is 0 Å². The number of rotatable bonds is 1. The van der Waals surface area contributed by atoms with Gasteiger partial charge >= 0.3 is 0 Å². The minimum absolute atomic E-state index is 0.527. The molecule has 0 amide bonds. The van der Waals surface area contributed by atoms with Crippen molar-refractivity contribution in [1.82, 2.24) is 15.0 Å². The van der Waals surface area contributed by atoms with E-state index in [9.17, 15) is 5.11 Å². The summed E-state index contributed by atoms with van der Waals surface area (Å²) in [6.45, 7) is 2.01. The van der Waals surface area contributed by atoms with Crippen molar-refractivity contribution in [3.63, 3.8) is 0 Å². The van der Waals surface area contributed by atoms with Crippen LogP contribution in [0.15, 0.2) is 42.0 Å². The highest BCUT2D eigenvalue weighted by Crippen LogP contribution is 2.21. The predicted octanol–water partition coefficient (Wildman–Crippen LogP) is 1.98. The SMILES string of the molecule is CC1=CCC(O)C(n2nc3ccccc3n2)=C1. The maximum Gasteiger partial charge on any atom is 0.113 e. The summed E-state index contributed by atoms with van der Waals surface area (Å²) in [5, 5.41) is 18.7. The van der Waals surface area contributed by atoms with Gasteiger partial charge in [-0.3, -0.25) is 0 Å². The molecule has 1 unspecified atom stereocenters. The Bertz CT molecular complexity index is 591. The fourth-order valence-electron chi connectivity index (χ4n) is 1.97. The molecule has 0 radical (unpaired) electrons. The normalized spacial score (nSPS) is 20.2. The first kappa shape index (κ1) is 10.2. The Balaban J connectivity index is 2.12. The number of hydrogen-bond donors (Lipinski definition) is 1. The van der Waals surface area contributed by atoms with E-state index in [2.05, 4.69) is 10.2 Å². The van der Waals surface area contributed by atoms with Gasteiger partial charge in [0.05, 0.1) is 5.70 Å². The van der Waals surface area contributed by atoms with Crippen LogP contribution in [0, 0.1) is 0 Å². The summed E-state index contributed by atoms with van der Waals surface area (Å²) in [6, 6.07) is 7.69. The quantitative estimate of drug-likeness (QED) is 0.810. The zero-order valence-electron chi connectivity index (χ0n) is 9.54. The Labute approximate surface area is 98.9 Å². The molecule has 4 nitrogen and oxygen atoms in total. The Morgan fingerprint density at radius 2 is 1.88 bits per heavy atom. The van der Waals surface area contributed by atoms with Crippen LogP contribution in [-0.2, 0) is 0 Å². The lowest BCUT2D eigenvalue weighted by atomic mass is 10.0. The van der Waals surface area contributed by atoms with Gasteiger partial charge in [0.25, 0.3) is 0 Å². The van der Waals surface area contributed by atoms with Gasteiger partial charge < -0.3 is 5.11 Å². The molecule has 1 N–H and O–H groups in total. The average molecular weight is 227 g/mol. The van der Waals surface area contributed by atoms with E-state index in [4.69, 9.17) is 0 Å². The fraction of sp³-hybridized carbons (Fsp3) is 0.231. The molecule has 1 aliphatic rings. The summed E-state index contributed by atoms with van der Waals surface area (Å²) in [5.41, 5.74) is 3.55. The number of hydrogen-bond acceptors (Lipinski definition) is 3. The molecule has 4 heteroatoms. The number of aliphatic hydroxyl groups is 1. The van der Waals surface area contributed by atoms with Gasteiger partial charge in [-0.2, -0.15) is 4.80 Å². The van der Waals surface area contributed by atoms with Crippen molar-refractivity contribution in [3.05, 3.63) is 42.0 Å². The van der Waals surface area contributed by atoms with Crippen LogP contribution in [0.3, 0.4) is 0 Å². The molecule has 1 heterocycles. The summed E-state index contributed by atoms with van der Waals surface area (Å²) in [4.78, 5) is 1.53. The van der Waals surface area contributed by atoms with E-state index in [-0.39, 0.29) is 0 Å². The standard InChI is InChI=1S/C13H13N3O/c1-9-6-7-13(17)12(8-9)16-14-10-4-2-3-5-11(10)15-16/h2-6,8,13,17H,7H2,1H3. The van der Waals surface area contributed by atoms with Crippen LogP contribution in [0.5, 0.6) is 0 Å². The van der Waals surface area contributed by atoms with Crippen LogP contribution >= 0.6 is 0 Å². The predicted molar refractivity (Wildman–Crippen MR) is 66.2 cm³/mol. The summed E-state index contributed by atoms with van der Waals surface area (Å²) in [7, 11) is 0. The zero-order chi connectivity index (χ0) is 11.8. The molecule has 0 bridgehead atoms. The van der Waals surface area contributed by atoms with Gasteiger partial charge in [0, 0.05) is 0 Å². The molecule has 17 heavy (non-hydrogen) atoms. The van der Waals surface area contributed by atoms with E-state index in [1.54, 1.807) is 0 Å². The highest BCUT2D eigenvalue weighted by molar-refractivity contribution is 5.74. The van der Waals surface area contributed by atoms with Crippen LogP contribution in [0.25, 0.3) is 16.7 Å². The Kier molecular flexibility index (Phi) is 2.30. The minimum atomic E-state index is -0.527. The van der Waals surface area contributed by atoms with Crippen LogP contribution < -0.4 is 0 Å². The monoisotopic (exact) mass is 227 g/mol. The van der Waals surface area contributed by atoms with E-state index in [0.29, 0.717) is 6.42 Å².